The predicted octanol–water partition coefficient (Wildman–Crippen LogP) is 5.26. The van der Waals surface area contributed by atoms with Crippen LogP contribution < -0.4 is 10.1 Å². The van der Waals surface area contributed by atoms with Gasteiger partial charge in [-0.05, 0) is 49.7 Å². The fourth-order valence-corrected chi connectivity index (χ4v) is 4.80. The van der Waals surface area contributed by atoms with Crippen LogP contribution in [-0.2, 0) is 16.1 Å². The Balaban J connectivity index is 1.88. The molecule has 1 aliphatic rings. The van der Waals surface area contributed by atoms with E-state index in [1.807, 2.05) is 41.3 Å². The van der Waals surface area contributed by atoms with E-state index in [1.165, 1.54) is 5.56 Å². The highest BCUT2D eigenvalue weighted by Crippen LogP contribution is 2.41. The van der Waals surface area contributed by atoms with Crippen molar-refractivity contribution in [3.05, 3.63) is 59.7 Å². The molecule has 6 heteroatoms. The lowest BCUT2D eigenvalue weighted by Crippen LogP contribution is -2.47. The zero-order valence-electron chi connectivity index (χ0n) is 21.0. The Bertz CT molecular complexity index is 957. The molecule has 1 fully saturated rings. The Morgan fingerprint density at radius 2 is 1.88 bits per heavy atom. The number of amides is 2. The number of hydrogen-bond acceptors (Lipinski definition) is 4. The summed E-state index contributed by atoms with van der Waals surface area (Å²) in [7, 11) is 1.64. The smallest absolute Gasteiger partial charge is 0.229 e. The summed E-state index contributed by atoms with van der Waals surface area (Å²) in [5.74, 6) is 0.416. The Labute approximate surface area is 204 Å². The summed E-state index contributed by atoms with van der Waals surface area (Å²) in [6.07, 6.45) is 2.79. The molecule has 2 atom stereocenters. The molecule has 3 rings (SSSR count). The fourth-order valence-electron chi connectivity index (χ4n) is 4.80. The lowest BCUT2D eigenvalue weighted by molar-refractivity contribution is -0.142. The van der Waals surface area contributed by atoms with Gasteiger partial charge in [0.2, 0.25) is 11.8 Å². The number of piperidine rings is 1. The van der Waals surface area contributed by atoms with E-state index in [0.717, 1.165) is 43.7 Å². The van der Waals surface area contributed by atoms with Gasteiger partial charge in [0.1, 0.15) is 5.75 Å². The first-order chi connectivity index (χ1) is 16.5. The van der Waals surface area contributed by atoms with Gasteiger partial charge in [0, 0.05) is 30.8 Å². The van der Waals surface area contributed by atoms with Gasteiger partial charge in [-0.25, -0.2) is 0 Å². The Hall–Kier alpha value is -2.86. The molecule has 0 bridgehead atoms. The predicted molar refractivity (Wildman–Crippen MR) is 137 cm³/mol. The highest BCUT2D eigenvalue weighted by Gasteiger charge is 2.41. The average Bonchev–Trinajstić information content (AvgIpc) is 2.86. The van der Waals surface area contributed by atoms with Crippen LogP contribution >= 0.6 is 0 Å². The summed E-state index contributed by atoms with van der Waals surface area (Å²) in [6, 6.07) is 15.5. The van der Waals surface area contributed by atoms with Crippen LogP contribution in [0.4, 0.5) is 5.69 Å². The average molecular weight is 466 g/mol. The maximum absolute atomic E-state index is 13.6. The van der Waals surface area contributed by atoms with Crippen molar-refractivity contribution in [3.63, 3.8) is 0 Å². The monoisotopic (exact) mass is 465 g/mol. The molecule has 6 nitrogen and oxygen atoms in total. The SMILES string of the molecule is CCCCN1C(=O)CCC(C(=O)Nc2cccc(CN(CC)CC)c2)C1c1ccccc1OC. The molecule has 34 heavy (non-hydrogen) atoms. The first-order valence-corrected chi connectivity index (χ1v) is 12.6. The number of benzene rings is 2. The van der Waals surface area contributed by atoms with Crippen molar-refractivity contribution < 1.29 is 14.3 Å². The molecule has 1 aliphatic heterocycles. The lowest BCUT2D eigenvalue weighted by Gasteiger charge is -2.41. The topological polar surface area (TPSA) is 61.9 Å². The van der Waals surface area contributed by atoms with Gasteiger partial charge in [-0.15, -0.1) is 0 Å². The standard InChI is InChI=1S/C28H39N3O3/c1-5-8-18-31-26(32)17-16-24(27(31)23-14-9-10-15-25(23)34-4)28(33)29-22-13-11-12-21(19-22)20-30(6-2)7-3/h9-15,19,24,27H,5-8,16-18,20H2,1-4H3,(H,29,33). The van der Waals surface area contributed by atoms with E-state index >= 15 is 0 Å². The van der Waals surface area contributed by atoms with Gasteiger partial charge < -0.3 is 15.0 Å². The minimum Gasteiger partial charge on any atom is -0.496 e. The van der Waals surface area contributed by atoms with E-state index < -0.39 is 0 Å². The molecule has 2 aromatic rings. The number of nitrogens with zero attached hydrogens (tertiary/aromatic N) is 2. The molecule has 2 unspecified atom stereocenters. The normalized spacial score (nSPS) is 18.3. The molecule has 1 N–H and O–H groups in total. The van der Waals surface area contributed by atoms with Crippen LogP contribution in [0.2, 0.25) is 0 Å². The van der Waals surface area contributed by atoms with Gasteiger partial charge in [0.25, 0.3) is 0 Å². The maximum atomic E-state index is 13.6. The zero-order chi connectivity index (χ0) is 24.5. The van der Waals surface area contributed by atoms with E-state index in [0.29, 0.717) is 25.1 Å². The number of unbranched alkanes of at least 4 members (excludes halogenated alkanes) is 1. The molecular weight excluding hydrogens is 426 g/mol. The summed E-state index contributed by atoms with van der Waals surface area (Å²) in [5.41, 5.74) is 2.86. The number of hydrogen-bond donors (Lipinski definition) is 1. The molecule has 184 valence electrons. The van der Waals surface area contributed by atoms with E-state index in [1.54, 1.807) is 7.11 Å². The first kappa shape index (κ1) is 25.8. The number of rotatable bonds is 11. The fraction of sp³-hybridized carbons (Fsp3) is 0.500. The van der Waals surface area contributed by atoms with Crippen LogP contribution in [0, 0.1) is 5.92 Å². The summed E-state index contributed by atoms with van der Waals surface area (Å²) >= 11 is 0. The molecule has 0 aliphatic carbocycles. The van der Waals surface area contributed by atoms with Crippen molar-refractivity contribution in [1.82, 2.24) is 9.80 Å². The second-order valence-electron chi connectivity index (χ2n) is 8.92. The summed E-state index contributed by atoms with van der Waals surface area (Å²) in [4.78, 5) is 30.8. The Kier molecular flexibility index (Phi) is 9.52. The summed E-state index contributed by atoms with van der Waals surface area (Å²) in [6.45, 7) is 9.88. The quantitative estimate of drug-likeness (QED) is 0.492. The molecule has 2 aromatic carbocycles. The van der Waals surface area contributed by atoms with Crippen LogP contribution in [0.5, 0.6) is 5.75 Å². The minimum absolute atomic E-state index is 0.0510. The number of carbonyl (C=O) groups excluding carboxylic acids is 2. The van der Waals surface area contributed by atoms with Gasteiger partial charge >= 0.3 is 0 Å². The van der Waals surface area contributed by atoms with Crippen molar-refractivity contribution in [2.24, 2.45) is 5.92 Å². The van der Waals surface area contributed by atoms with Gasteiger partial charge in [-0.2, -0.15) is 0 Å². The molecule has 2 amide bonds. The summed E-state index contributed by atoms with van der Waals surface area (Å²) < 4.78 is 5.63. The number of ether oxygens (including phenoxy) is 1. The van der Waals surface area contributed by atoms with Crippen molar-refractivity contribution >= 4 is 17.5 Å². The van der Waals surface area contributed by atoms with Crippen LogP contribution in [-0.4, -0.2) is 48.4 Å². The van der Waals surface area contributed by atoms with E-state index in [4.69, 9.17) is 4.74 Å². The van der Waals surface area contributed by atoms with Crippen LogP contribution in [0.25, 0.3) is 0 Å². The molecule has 0 spiro atoms. The highest BCUT2D eigenvalue weighted by molar-refractivity contribution is 5.95. The number of methoxy groups -OCH3 is 1. The van der Waals surface area contributed by atoms with Crippen molar-refractivity contribution in [3.8, 4) is 5.75 Å². The Morgan fingerprint density at radius 3 is 2.59 bits per heavy atom. The number of carbonyl (C=O) groups is 2. The molecule has 0 saturated carbocycles. The second kappa shape index (κ2) is 12.6. The zero-order valence-corrected chi connectivity index (χ0v) is 21.0. The number of nitrogens with one attached hydrogen (secondary N) is 1. The third kappa shape index (κ3) is 6.17. The molecule has 0 aromatic heterocycles. The van der Waals surface area contributed by atoms with E-state index in [9.17, 15) is 9.59 Å². The van der Waals surface area contributed by atoms with Crippen molar-refractivity contribution in [1.29, 1.82) is 0 Å². The first-order valence-electron chi connectivity index (χ1n) is 12.6. The molecule has 1 heterocycles. The molecule has 1 saturated heterocycles. The maximum Gasteiger partial charge on any atom is 0.229 e. The summed E-state index contributed by atoms with van der Waals surface area (Å²) in [5, 5.41) is 3.15. The molecule has 0 radical (unpaired) electrons. The largest absolute Gasteiger partial charge is 0.496 e. The lowest BCUT2D eigenvalue weighted by atomic mass is 9.83. The second-order valence-corrected chi connectivity index (χ2v) is 8.92. The molecular formula is C28H39N3O3. The Morgan fingerprint density at radius 1 is 1.12 bits per heavy atom. The van der Waals surface area contributed by atoms with Gasteiger partial charge in [-0.3, -0.25) is 14.5 Å². The van der Waals surface area contributed by atoms with Gasteiger partial charge in [0.15, 0.2) is 0 Å². The van der Waals surface area contributed by atoms with Crippen molar-refractivity contribution in [2.75, 3.05) is 32.1 Å². The number of anilines is 1. The van der Waals surface area contributed by atoms with Gasteiger partial charge in [0.05, 0.1) is 19.1 Å². The van der Waals surface area contributed by atoms with Crippen LogP contribution in [0.1, 0.15) is 63.6 Å². The van der Waals surface area contributed by atoms with E-state index in [2.05, 4.69) is 43.1 Å². The number of likely N-dealkylation sites (tertiary alicyclic amines) is 1. The van der Waals surface area contributed by atoms with Crippen molar-refractivity contribution in [2.45, 2.75) is 59.0 Å². The van der Waals surface area contributed by atoms with Crippen LogP contribution in [0.15, 0.2) is 48.5 Å². The minimum atomic E-state index is -0.350. The number of para-hydroxylation sites is 1. The third-order valence-corrected chi connectivity index (χ3v) is 6.75. The highest BCUT2D eigenvalue weighted by atomic mass is 16.5. The third-order valence-electron chi connectivity index (χ3n) is 6.75. The van der Waals surface area contributed by atoms with E-state index in [-0.39, 0.29) is 23.8 Å². The van der Waals surface area contributed by atoms with Crippen LogP contribution in [0.3, 0.4) is 0 Å². The van der Waals surface area contributed by atoms with Gasteiger partial charge in [-0.1, -0.05) is 57.5 Å².